The van der Waals surface area contributed by atoms with Crippen molar-refractivity contribution in [1.29, 1.82) is 0 Å². The second-order valence-electron chi connectivity index (χ2n) is 29.6. The Morgan fingerprint density at radius 1 is 0.561 bits per heavy atom. The number of likely N-dealkylation sites (tertiary alicyclic amines) is 2. The predicted octanol–water partition coefficient (Wildman–Crippen LogP) is 16.5. The second-order valence-corrected chi connectivity index (χ2v) is 39.2. The van der Waals surface area contributed by atoms with Gasteiger partial charge in [0.1, 0.15) is 45.7 Å². The van der Waals surface area contributed by atoms with Crippen LogP contribution in [0.2, 0.25) is 36.3 Å². The molecule has 3 unspecified atom stereocenters. The average molecular weight is 1400 g/mol. The standard InChI is InChI=1S/C36H51N3O6Si.C36H51NO9Si.C2H4O2.H3N/c1-35(2,3)45-34(41)39-22-19-25(20-23-39)29(21-24-43-46(8,9)36(4,5)6)32-37-30(31(38-32)33(40)42-7)26-15-17-28(18-16-26)44-27-13-11-10-12-14-27;1-35(2,3)46-34(41)37-22-19-25(20-23-37)29(21-24-43-47(8,9)36(4,5)6)32(39)45-31(33(40)42-7)30(38)26-15-17-28(18-16-26)44-27-13-11-10-12-14-27;1-2(3)4;/h10-18,25,29H,19-24H2,1-9H3,(H,37,38);10-18,25,29,31H,19-24H2,1-9H3;1H3,(H,3,4);1H3. The number of imidazole rings is 1. The van der Waals surface area contributed by atoms with Crippen molar-refractivity contribution < 1.29 is 80.7 Å². The molecule has 24 heteroatoms. The molecule has 0 saturated carbocycles. The Balaban J connectivity index is 0.000000391. The van der Waals surface area contributed by atoms with E-state index in [0.717, 1.165) is 50.4 Å². The number of esters is 3. The molecule has 3 atom stereocenters. The molecule has 2 amide bonds. The fourth-order valence-electron chi connectivity index (χ4n) is 10.4. The molecule has 1 aromatic heterocycles. The van der Waals surface area contributed by atoms with Crippen LogP contribution < -0.4 is 15.6 Å². The van der Waals surface area contributed by atoms with Gasteiger partial charge in [0.15, 0.2) is 22.3 Å². The van der Waals surface area contributed by atoms with Crippen molar-refractivity contribution in [2.45, 2.75) is 188 Å². The average Bonchev–Trinajstić information content (AvgIpc) is 1.64. The first-order valence-corrected chi connectivity index (χ1v) is 39.1. The smallest absolute Gasteiger partial charge is 0.410 e. The largest absolute Gasteiger partial charge is 0.481 e. The number of nitrogens with zero attached hydrogens (tertiary/aromatic N) is 3. The third-order valence-corrected chi connectivity index (χ3v) is 26.9. The van der Waals surface area contributed by atoms with E-state index in [1.165, 1.54) is 19.2 Å². The van der Waals surface area contributed by atoms with E-state index in [1.807, 2.05) is 114 Å². The lowest BCUT2D eigenvalue weighted by Crippen LogP contribution is -2.45. The fraction of sp³-hybridized carbons (Fsp3) is 0.541. The van der Waals surface area contributed by atoms with Crippen LogP contribution in [0.4, 0.5) is 9.59 Å². The van der Waals surface area contributed by atoms with Gasteiger partial charge in [-0.05, 0) is 201 Å². The molecular weight excluding hydrogens is 1290 g/mol. The molecule has 2 aliphatic rings. The molecule has 5 aromatic rings. The number of aromatic nitrogens is 2. The van der Waals surface area contributed by atoms with Crippen molar-refractivity contribution in [3.8, 4) is 34.3 Å². The lowest BCUT2D eigenvalue weighted by Gasteiger charge is -2.38. The summed E-state index contributed by atoms with van der Waals surface area (Å²) in [5, 5.41) is 7.49. The van der Waals surface area contributed by atoms with Gasteiger partial charge in [0.2, 0.25) is 5.78 Å². The summed E-state index contributed by atoms with van der Waals surface area (Å²) in [6, 6.07) is 32.6. The number of nitrogens with one attached hydrogen (secondary N) is 1. The van der Waals surface area contributed by atoms with Crippen molar-refractivity contribution in [3.05, 3.63) is 126 Å². The number of carboxylic acids is 1. The minimum atomic E-state index is -2.11. The van der Waals surface area contributed by atoms with Crippen LogP contribution in [0.5, 0.6) is 23.0 Å². The van der Waals surface area contributed by atoms with Crippen LogP contribution in [0, 0.1) is 17.8 Å². The van der Waals surface area contributed by atoms with Crippen LogP contribution in [0.3, 0.4) is 0 Å². The number of rotatable bonds is 22. The zero-order chi connectivity index (χ0) is 72.3. The number of carbonyl (C=O) groups is 7. The Morgan fingerprint density at radius 2 is 0.959 bits per heavy atom. The number of aromatic amines is 1. The van der Waals surface area contributed by atoms with Crippen LogP contribution in [0.25, 0.3) is 11.3 Å². The Morgan fingerprint density at radius 3 is 1.36 bits per heavy atom. The number of hydrogen-bond acceptors (Lipinski definition) is 18. The molecule has 2 aliphatic heterocycles. The summed E-state index contributed by atoms with van der Waals surface area (Å²) in [5.74, 6) is -0.971. The number of carboxylic acid groups (broad SMARTS) is 1. The summed E-state index contributed by atoms with van der Waals surface area (Å²) < 4.78 is 51.7. The number of methoxy groups -OCH3 is 2. The first kappa shape index (κ1) is 82.5. The number of ketones is 1. The van der Waals surface area contributed by atoms with E-state index in [-0.39, 0.29) is 45.6 Å². The highest BCUT2D eigenvalue weighted by molar-refractivity contribution is 6.74. The van der Waals surface area contributed by atoms with Gasteiger partial charge in [-0.3, -0.25) is 14.4 Å². The number of ether oxygens (including phenoxy) is 7. The maximum absolute atomic E-state index is 13.9. The van der Waals surface area contributed by atoms with Gasteiger partial charge < -0.3 is 68.1 Å². The van der Waals surface area contributed by atoms with Crippen molar-refractivity contribution in [1.82, 2.24) is 25.9 Å². The Labute approximate surface area is 582 Å². The molecule has 2 fully saturated rings. The van der Waals surface area contributed by atoms with Crippen molar-refractivity contribution in [2.24, 2.45) is 17.8 Å². The quantitative estimate of drug-likeness (QED) is 0.0191. The number of para-hydroxylation sites is 2. The van der Waals surface area contributed by atoms with E-state index < -0.39 is 75.6 Å². The maximum Gasteiger partial charge on any atom is 0.410 e. The maximum atomic E-state index is 13.9. The summed E-state index contributed by atoms with van der Waals surface area (Å²) in [5.41, 5.74) is 0.631. The van der Waals surface area contributed by atoms with E-state index in [4.69, 9.17) is 56.9 Å². The molecule has 0 spiro atoms. The number of Topliss-reactive ketones (excluding diaryl/α,β-unsaturated/α-hetero) is 1. The number of piperidine rings is 2. The highest BCUT2D eigenvalue weighted by Crippen LogP contribution is 2.41. The number of benzene rings is 4. The van der Waals surface area contributed by atoms with E-state index in [2.05, 4.69) is 72.7 Å². The summed E-state index contributed by atoms with van der Waals surface area (Å²) in [7, 11) is -1.57. The Hall–Kier alpha value is -7.91. The lowest BCUT2D eigenvalue weighted by atomic mass is 9.82. The van der Waals surface area contributed by atoms with Gasteiger partial charge >= 0.3 is 30.1 Å². The molecular formula is C74H109N5O17Si2. The molecule has 7 rings (SSSR count). The van der Waals surface area contributed by atoms with E-state index in [9.17, 15) is 28.8 Å². The number of hydrogen-bond donors (Lipinski definition) is 3. The second kappa shape index (κ2) is 36.3. The summed E-state index contributed by atoms with van der Waals surface area (Å²) in [4.78, 5) is 99.6. The van der Waals surface area contributed by atoms with Crippen LogP contribution in [0.15, 0.2) is 109 Å². The summed E-state index contributed by atoms with van der Waals surface area (Å²) in [6.07, 6.45) is 1.26. The van der Waals surface area contributed by atoms with Gasteiger partial charge in [-0.25, -0.2) is 24.2 Å². The van der Waals surface area contributed by atoms with Crippen molar-refractivity contribution in [2.75, 3.05) is 53.6 Å². The normalized spacial score (nSPS) is 15.0. The Kier molecular flexibility index (Phi) is 30.5. The van der Waals surface area contributed by atoms with Gasteiger partial charge in [0.05, 0.1) is 20.1 Å². The topological polar surface area (TPSA) is 293 Å². The number of aliphatic carboxylic acids is 1. The van der Waals surface area contributed by atoms with Crippen molar-refractivity contribution >= 4 is 58.5 Å². The Bertz CT molecular complexity index is 3350. The van der Waals surface area contributed by atoms with Gasteiger partial charge in [0, 0.05) is 63.4 Å². The SMILES string of the molecule is CC(=O)O.COC(=O)C(OC(=O)C(CCO[Si](C)(C)C(C)(C)C)C1CCN(C(=O)OC(C)(C)C)CC1)C(=O)c1ccc(Oc2ccccc2)cc1.COC(=O)c1[nH]c(C(CCO[Si](C)(C)C(C)(C)C)C2CCN(C(=O)OC(C)(C)C)CC2)nc1-c1ccc(Oc2ccccc2)cc1.N. The molecule has 0 bridgehead atoms. The number of carbonyl (C=O) groups excluding carboxylic acids is 6. The molecule has 98 heavy (non-hydrogen) atoms. The van der Waals surface area contributed by atoms with Crippen LogP contribution in [-0.4, -0.2) is 154 Å². The zero-order valence-corrected chi connectivity index (χ0v) is 63.3. The van der Waals surface area contributed by atoms with Crippen LogP contribution in [0.1, 0.15) is 161 Å². The number of amides is 2. The van der Waals surface area contributed by atoms with Crippen LogP contribution >= 0.6 is 0 Å². The van der Waals surface area contributed by atoms with Gasteiger partial charge in [0.25, 0.3) is 12.1 Å². The first-order valence-electron chi connectivity index (χ1n) is 33.3. The zero-order valence-electron chi connectivity index (χ0n) is 61.3. The highest BCUT2D eigenvalue weighted by atomic mass is 28.4. The van der Waals surface area contributed by atoms with Gasteiger partial charge in [-0.2, -0.15) is 0 Å². The molecule has 0 radical (unpaired) electrons. The minimum absolute atomic E-state index is 0. The van der Waals surface area contributed by atoms with Gasteiger partial charge in [-0.1, -0.05) is 77.9 Å². The molecule has 540 valence electrons. The van der Waals surface area contributed by atoms with Gasteiger partial charge in [-0.15, -0.1) is 0 Å². The van der Waals surface area contributed by atoms with E-state index >= 15 is 0 Å². The molecule has 0 aliphatic carbocycles. The molecule has 3 heterocycles. The van der Waals surface area contributed by atoms with Crippen LogP contribution in [-0.2, 0) is 46.9 Å². The van der Waals surface area contributed by atoms with Crippen molar-refractivity contribution in [3.63, 3.8) is 0 Å². The minimum Gasteiger partial charge on any atom is -0.481 e. The van der Waals surface area contributed by atoms with E-state index in [1.54, 1.807) is 34.1 Å². The summed E-state index contributed by atoms with van der Waals surface area (Å²) >= 11 is 0. The fourth-order valence-corrected chi connectivity index (χ4v) is 12.5. The third-order valence-electron chi connectivity index (χ3n) is 17.8. The third kappa shape index (κ3) is 25.4. The molecule has 4 aromatic carbocycles. The molecule has 5 N–H and O–H groups in total. The lowest BCUT2D eigenvalue weighted by molar-refractivity contribution is -0.167. The van der Waals surface area contributed by atoms with E-state index in [0.29, 0.717) is 87.3 Å². The summed E-state index contributed by atoms with van der Waals surface area (Å²) in [6.45, 7) is 37.0. The molecule has 22 nitrogen and oxygen atoms in total. The predicted molar refractivity (Wildman–Crippen MR) is 382 cm³/mol. The first-order chi connectivity index (χ1) is 45.2. The monoisotopic (exact) mass is 1400 g/mol. The highest BCUT2D eigenvalue weighted by Gasteiger charge is 2.43. The molecule has 2 saturated heterocycles. The number of H-pyrrole nitrogens is 1.